The minimum Gasteiger partial charge on any atom is -0.0458 e. The van der Waals surface area contributed by atoms with Crippen LogP contribution in [-0.2, 0) is 0 Å². The first kappa shape index (κ1) is 23.0. The molecule has 15 aromatic carbocycles. The van der Waals surface area contributed by atoms with Crippen molar-refractivity contribution in [1.29, 1.82) is 0 Å². The largest absolute Gasteiger partial charge is 0.0458 e. The van der Waals surface area contributed by atoms with Gasteiger partial charge in [0.05, 0.1) is 0 Å². The molecule has 0 heteroatoms. The lowest BCUT2D eigenvalue weighted by Gasteiger charge is -1.97. The van der Waals surface area contributed by atoms with Gasteiger partial charge in [0.2, 0.25) is 0 Å². The minimum atomic E-state index is 1.35. The van der Waals surface area contributed by atoms with Gasteiger partial charge >= 0.3 is 0 Å². The van der Waals surface area contributed by atoms with E-state index in [1.807, 2.05) is 0 Å². The molecule has 0 amide bonds. The van der Waals surface area contributed by atoms with Gasteiger partial charge in [0.25, 0.3) is 0 Å². The Morgan fingerprint density at radius 1 is 0.100 bits per heavy atom. The van der Waals surface area contributed by atoms with Crippen molar-refractivity contribution in [2.24, 2.45) is 0 Å². The van der Waals surface area contributed by atoms with Crippen LogP contribution in [0.5, 0.6) is 0 Å². The van der Waals surface area contributed by atoms with E-state index in [0.29, 0.717) is 0 Å². The summed E-state index contributed by atoms with van der Waals surface area (Å²) in [7, 11) is 0. The summed E-state index contributed by atoms with van der Waals surface area (Å²) >= 11 is 0. The molecule has 0 aliphatic carbocycles. The van der Waals surface area contributed by atoms with Crippen LogP contribution in [0.2, 0.25) is 0 Å². The molecule has 0 bridgehead atoms. The van der Waals surface area contributed by atoms with Gasteiger partial charge in [-0.3, -0.25) is 0 Å². The van der Waals surface area contributed by atoms with Crippen LogP contribution in [0, 0.1) is 0 Å². The first-order chi connectivity index (χ1) is 24.7. The second kappa shape index (κ2) is 6.83. The third-order valence-electron chi connectivity index (χ3n) is 13.5. The van der Waals surface area contributed by atoms with Crippen molar-refractivity contribution in [2.75, 3.05) is 0 Å². The molecule has 220 valence electrons. The molecular formula is C50H20. The lowest BCUT2D eigenvalue weighted by molar-refractivity contribution is 1.99. The van der Waals surface area contributed by atoms with Crippen molar-refractivity contribution in [3.8, 4) is 0 Å². The summed E-state index contributed by atoms with van der Waals surface area (Å²) < 4.78 is 0. The van der Waals surface area contributed by atoms with E-state index in [1.165, 1.54) is 162 Å². The molecule has 0 aromatic heterocycles. The quantitative estimate of drug-likeness (QED) is 0.158. The molecule has 0 saturated heterocycles. The minimum absolute atomic E-state index is 1.35. The maximum atomic E-state index is 2.46. The highest BCUT2D eigenvalue weighted by molar-refractivity contribution is 6.36. The zero-order chi connectivity index (χ0) is 31.5. The standard InChI is InChI=1S/C50H20/c1-21-11-42-33-4-25-15-46-37-8-29-19-49-39-7-27-17-45-35-3-23-13-41-31(1)22-2-32(21)43(42)14-24(33)6-36(25)48(46)18-28(37)10-40(29)50(49)20-30(39)9-38(27)47(45)16-26(35)5-34(23)44(41)12-22/h1-20H. The SMILES string of the molecule is c1c2cc3c4cc5cc6c7cc8cc9c%10cc%11cc%12c%13cc%14cc%15c1c1cc2c3cc4cc5c6cc7cc8c9cc%10cc%11c%12cc%13cc%14c%15c1. The normalized spacial score (nSPS) is 14.0. The number of hydrogen-bond acceptors (Lipinski definition) is 0. The molecule has 0 saturated carbocycles. The van der Waals surface area contributed by atoms with E-state index in [9.17, 15) is 0 Å². The fourth-order valence-corrected chi connectivity index (χ4v) is 11.3. The van der Waals surface area contributed by atoms with Gasteiger partial charge in [-0.25, -0.2) is 0 Å². The van der Waals surface area contributed by atoms with Crippen LogP contribution in [0.1, 0.15) is 0 Å². The molecule has 0 aliphatic heterocycles. The second-order valence-corrected chi connectivity index (χ2v) is 15.7. The highest BCUT2D eigenvalue weighted by Gasteiger charge is 2.21. The lowest BCUT2D eigenvalue weighted by atomic mass is 10.1. The predicted octanol–water partition coefficient (Wildman–Crippen LogP) is 14.5. The van der Waals surface area contributed by atoms with Crippen molar-refractivity contribution in [3.05, 3.63) is 121 Å². The van der Waals surface area contributed by atoms with Gasteiger partial charge in [-0.2, -0.15) is 0 Å². The molecule has 0 unspecified atom stereocenters. The lowest BCUT2D eigenvalue weighted by Crippen LogP contribution is -1.69. The Labute approximate surface area is 281 Å². The van der Waals surface area contributed by atoms with Crippen molar-refractivity contribution in [1.82, 2.24) is 0 Å². The highest BCUT2D eigenvalue weighted by Crippen LogP contribution is 2.49. The summed E-state index contributed by atoms with van der Waals surface area (Å²) in [6, 6.07) is 49.1. The Bertz CT molecular complexity index is 3190. The van der Waals surface area contributed by atoms with Crippen LogP contribution in [0.15, 0.2) is 121 Å². The average Bonchev–Trinajstić information content (AvgIpc) is 3.97. The number of benzene rings is 5. The zero-order valence-corrected chi connectivity index (χ0v) is 26.5. The van der Waals surface area contributed by atoms with Crippen LogP contribution in [0.3, 0.4) is 0 Å². The van der Waals surface area contributed by atoms with Crippen LogP contribution >= 0.6 is 0 Å². The fourth-order valence-electron chi connectivity index (χ4n) is 11.3. The first-order valence-electron chi connectivity index (χ1n) is 17.8. The van der Waals surface area contributed by atoms with Gasteiger partial charge in [-0.1, -0.05) is 0 Å². The van der Waals surface area contributed by atoms with Crippen LogP contribution in [-0.4, -0.2) is 0 Å². The topological polar surface area (TPSA) is 0 Å². The summed E-state index contributed by atoms with van der Waals surface area (Å²) in [6.45, 7) is 0. The van der Waals surface area contributed by atoms with Gasteiger partial charge < -0.3 is 0 Å². The summed E-state index contributed by atoms with van der Waals surface area (Å²) in [5, 5.41) is 40.9. The van der Waals surface area contributed by atoms with E-state index >= 15 is 0 Å². The van der Waals surface area contributed by atoms with Gasteiger partial charge in [-0.15, -0.1) is 0 Å². The molecule has 15 aromatic rings. The molecular weight excluding hydrogens is 601 g/mol. The van der Waals surface area contributed by atoms with Gasteiger partial charge in [-0.05, 0) is 283 Å². The second-order valence-electron chi connectivity index (χ2n) is 15.7. The molecule has 0 N–H and O–H groups in total. The Hall–Kier alpha value is -6.50. The van der Waals surface area contributed by atoms with E-state index in [1.54, 1.807) is 0 Å². The van der Waals surface area contributed by atoms with E-state index in [2.05, 4.69) is 121 Å². The molecule has 0 fully saturated rings. The molecule has 0 atom stereocenters. The van der Waals surface area contributed by atoms with Crippen molar-refractivity contribution < 1.29 is 0 Å². The fraction of sp³-hybridized carbons (Fsp3) is 0. The zero-order valence-electron chi connectivity index (χ0n) is 26.5. The van der Waals surface area contributed by atoms with E-state index < -0.39 is 0 Å². The third kappa shape index (κ3) is 2.26. The summed E-state index contributed by atoms with van der Waals surface area (Å²) in [4.78, 5) is 0. The number of fused-ring (bicyclic) bond motifs is 25. The third-order valence-corrected chi connectivity index (χ3v) is 13.5. The monoisotopic (exact) mass is 620 g/mol. The Balaban J connectivity index is 1.14. The Kier molecular flexibility index (Phi) is 3.14. The van der Waals surface area contributed by atoms with Crippen molar-refractivity contribution in [2.45, 2.75) is 0 Å². The van der Waals surface area contributed by atoms with Crippen LogP contribution in [0.4, 0.5) is 0 Å². The van der Waals surface area contributed by atoms with Gasteiger partial charge in [0, 0.05) is 0 Å². The summed E-state index contributed by atoms with van der Waals surface area (Å²) in [6.07, 6.45) is 0. The Morgan fingerprint density at radius 3 is 0.280 bits per heavy atom. The molecule has 0 spiro atoms. The van der Waals surface area contributed by atoms with Crippen LogP contribution in [0.25, 0.3) is 162 Å². The maximum Gasteiger partial charge on any atom is -0.00926 e. The molecule has 15 rings (SSSR count). The number of hydrogen-bond donors (Lipinski definition) is 0. The molecule has 0 nitrogen and oxygen atoms in total. The molecule has 0 aliphatic rings. The average molecular weight is 621 g/mol. The van der Waals surface area contributed by atoms with Crippen molar-refractivity contribution in [3.63, 3.8) is 0 Å². The molecule has 0 heterocycles. The highest BCUT2D eigenvalue weighted by atomic mass is 14.2. The van der Waals surface area contributed by atoms with Crippen molar-refractivity contribution >= 4 is 162 Å². The Morgan fingerprint density at radius 2 is 0.180 bits per heavy atom. The van der Waals surface area contributed by atoms with E-state index in [4.69, 9.17) is 0 Å². The smallest absolute Gasteiger partial charge is 0.00926 e. The van der Waals surface area contributed by atoms with Gasteiger partial charge in [0.1, 0.15) is 0 Å². The van der Waals surface area contributed by atoms with E-state index in [-0.39, 0.29) is 0 Å². The molecule has 50 heavy (non-hydrogen) atoms. The number of rotatable bonds is 0. The first-order valence-corrected chi connectivity index (χ1v) is 17.8. The van der Waals surface area contributed by atoms with Gasteiger partial charge in [0.15, 0.2) is 0 Å². The van der Waals surface area contributed by atoms with Crippen LogP contribution < -0.4 is 0 Å². The summed E-state index contributed by atoms with van der Waals surface area (Å²) in [5.41, 5.74) is 0. The van der Waals surface area contributed by atoms with E-state index in [0.717, 1.165) is 0 Å². The predicted molar refractivity (Wildman–Crippen MR) is 219 cm³/mol. The molecule has 0 radical (unpaired) electrons. The summed E-state index contributed by atoms with van der Waals surface area (Å²) in [5.74, 6) is 0. The maximum absolute atomic E-state index is 2.46.